The molecule has 0 spiro atoms. The highest BCUT2D eigenvalue weighted by atomic mass is 35.5. The molecule has 0 radical (unpaired) electrons. The monoisotopic (exact) mass is 315 g/mol. The first-order valence-corrected chi connectivity index (χ1v) is 6.14. The number of nitrogens with one attached hydrogen (secondary N) is 1. The zero-order valence-electron chi connectivity index (χ0n) is 10.4. The maximum atomic E-state index is 12.0. The highest BCUT2D eigenvalue weighted by molar-refractivity contribution is 6.30. The SMILES string of the molecule is O=C(Nc1cccc(Cl)c1)c1ccc(OC(F)(F)F)cc1. The van der Waals surface area contributed by atoms with Gasteiger partial charge >= 0.3 is 6.36 Å². The van der Waals surface area contributed by atoms with E-state index in [1.165, 1.54) is 12.1 Å². The molecule has 0 aliphatic heterocycles. The van der Waals surface area contributed by atoms with Gasteiger partial charge in [-0.15, -0.1) is 13.2 Å². The van der Waals surface area contributed by atoms with E-state index in [2.05, 4.69) is 10.1 Å². The molecule has 2 rings (SSSR count). The van der Waals surface area contributed by atoms with Gasteiger partial charge in [-0.25, -0.2) is 0 Å². The Bertz CT molecular complexity index is 641. The van der Waals surface area contributed by atoms with Crippen LogP contribution in [-0.4, -0.2) is 12.3 Å². The molecule has 1 N–H and O–H groups in total. The number of alkyl halides is 3. The van der Waals surface area contributed by atoms with Crippen molar-refractivity contribution in [2.24, 2.45) is 0 Å². The fraction of sp³-hybridized carbons (Fsp3) is 0.0714. The van der Waals surface area contributed by atoms with Crippen LogP contribution in [-0.2, 0) is 0 Å². The number of halogens is 4. The van der Waals surface area contributed by atoms with E-state index >= 15 is 0 Å². The second-order valence-corrected chi connectivity index (χ2v) is 4.47. The lowest BCUT2D eigenvalue weighted by Gasteiger charge is -2.09. The molecule has 0 aliphatic carbocycles. The lowest BCUT2D eigenvalue weighted by molar-refractivity contribution is -0.274. The van der Waals surface area contributed by atoms with Gasteiger partial charge in [0.25, 0.3) is 5.91 Å². The number of ether oxygens (including phenoxy) is 1. The minimum atomic E-state index is -4.76. The van der Waals surface area contributed by atoms with Crippen molar-refractivity contribution in [3.05, 3.63) is 59.1 Å². The predicted molar refractivity (Wildman–Crippen MR) is 72.5 cm³/mol. The topological polar surface area (TPSA) is 38.3 Å². The van der Waals surface area contributed by atoms with Gasteiger partial charge in [-0.3, -0.25) is 4.79 Å². The van der Waals surface area contributed by atoms with Crippen molar-refractivity contribution in [3.8, 4) is 5.75 Å². The Balaban J connectivity index is 2.06. The van der Waals surface area contributed by atoms with Gasteiger partial charge in [0.2, 0.25) is 0 Å². The van der Waals surface area contributed by atoms with Crippen LogP contribution in [0.15, 0.2) is 48.5 Å². The Hall–Kier alpha value is -2.21. The van der Waals surface area contributed by atoms with Crippen LogP contribution in [0.4, 0.5) is 18.9 Å². The van der Waals surface area contributed by atoms with Crippen molar-refractivity contribution < 1.29 is 22.7 Å². The van der Waals surface area contributed by atoms with Gasteiger partial charge < -0.3 is 10.1 Å². The van der Waals surface area contributed by atoms with Crippen LogP contribution in [0.25, 0.3) is 0 Å². The third kappa shape index (κ3) is 4.68. The van der Waals surface area contributed by atoms with E-state index in [-0.39, 0.29) is 11.3 Å². The minimum absolute atomic E-state index is 0.199. The average Bonchev–Trinajstić information content (AvgIpc) is 2.37. The summed E-state index contributed by atoms with van der Waals surface area (Å²) in [4.78, 5) is 11.9. The molecule has 0 unspecified atom stereocenters. The molecule has 7 heteroatoms. The van der Waals surface area contributed by atoms with Crippen LogP contribution >= 0.6 is 11.6 Å². The number of hydrogen-bond donors (Lipinski definition) is 1. The molecule has 0 aliphatic rings. The Morgan fingerprint density at radius 3 is 2.33 bits per heavy atom. The summed E-state index contributed by atoms with van der Waals surface area (Å²) in [6.45, 7) is 0. The van der Waals surface area contributed by atoms with E-state index in [0.717, 1.165) is 12.1 Å². The molecule has 0 heterocycles. The summed E-state index contributed by atoms with van der Waals surface area (Å²) in [5.74, 6) is -0.849. The van der Waals surface area contributed by atoms with Crippen LogP contribution in [0.2, 0.25) is 5.02 Å². The van der Waals surface area contributed by atoms with Gasteiger partial charge in [-0.05, 0) is 42.5 Å². The third-order valence-electron chi connectivity index (χ3n) is 2.43. The summed E-state index contributed by atoms with van der Waals surface area (Å²) in [5.41, 5.74) is 0.688. The molecular weight excluding hydrogens is 307 g/mol. The maximum Gasteiger partial charge on any atom is 0.573 e. The highest BCUT2D eigenvalue weighted by Gasteiger charge is 2.31. The first-order valence-electron chi connectivity index (χ1n) is 5.76. The van der Waals surface area contributed by atoms with Crippen molar-refractivity contribution in [2.45, 2.75) is 6.36 Å². The summed E-state index contributed by atoms with van der Waals surface area (Å²) in [5, 5.41) is 3.04. The van der Waals surface area contributed by atoms with E-state index in [1.807, 2.05) is 0 Å². The molecule has 0 bridgehead atoms. The van der Waals surface area contributed by atoms with Crippen molar-refractivity contribution in [2.75, 3.05) is 5.32 Å². The molecular formula is C14H9ClF3NO2. The lowest BCUT2D eigenvalue weighted by atomic mass is 10.2. The van der Waals surface area contributed by atoms with Crippen LogP contribution in [0.1, 0.15) is 10.4 Å². The van der Waals surface area contributed by atoms with Crippen LogP contribution in [0, 0.1) is 0 Å². The zero-order chi connectivity index (χ0) is 15.5. The molecule has 0 atom stereocenters. The Morgan fingerprint density at radius 1 is 1.10 bits per heavy atom. The first-order chi connectivity index (χ1) is 9.83. The number of carbonyl (C=O) groups excluding carboxylic acids is 1. The molecule has 1 amide bonds. The average molecular weight is 316 g/mol. The van der Waals surface area contributed by atoms with E-state index in [0.29, 0.717) is 10.7 Å². The van der Waals surface area contributed by atoms with Crippen LogP contribution in [0.5, 0.6) is 5.75 Å². The number of rotatable bonds is 3. The predicted octanol–water partition coefficient (Wildman–Crippen LogP) is 4.49. The van der Waals surface area contributed by atoms with Gasteiger partial charge in [0, 0.05) is 16.3 Å². The molecule has 0 saturated heterocycles. The molecule has 2 aromatic rings. The largest absolute Gasteiger partial charge is 0.573 e. The van der Waals surface area contributed by atoms with Gasteiger partial charge in [-0.2, -0.15) is 0 Å². The smallest absolute Gasteiger partial charge is 0.406 e. The molecule has 21 heavy (non-hydrogen) atoms. The van der Waals surface area contributed by atoms with Crippen molar-refractivity contribution >= 4 is 23.2 Å². The maximum absolute atomic E-state index is 12.0. The number of hydrogen-bond acceptors (Lipinski definition) is 2. The quantitative estimate of drug-likeness (QED) is 0.906. The number of anilines is 1. The number of carbonyl (C=O) groups is 1. The lowest BCUT2D eigenvalue weighted by Crippen LogP contribution is -2.17. The zero-order valence-corrected chi connectivity index (χ0v) is 11.2. The van der Waals surface area contributed by atoms with E-state index < -0.39 is 12.3 Å². The standard InChI is InChI=1S/C14H9ClF3NO2/c15-10-2-1-3-11(8-10)19-13(20)9-4-6-12(7-5-9)21-14(16,17)18/h1-8H,(H,19,20). The third-order valence-corrected chi connectivity index (χ3v) is 2.67. The molecule has 0 aromatic heterocycles. The Labute approximate surface area is 123 Å². The summed E-state index contributed by atoms with van der Waals surface area (Å²) in [7, 11) is 0. The van der Waals surface area contributed by atoms with Gasteiger partial charge in [0.1, 0.15) is 5.75 Å². The molecule has 2 aromatic carbocycles. The van der Waals surface area contributed by atoms with Gasteiger partial charge in [0.15, 0.2) is 0 Å². The number of amides is 1. The second kappa shape index (κ2) is 6.05. The summed E-state index contributed by atoms with van der Waals surface area (Å²) >= 11 is 5.78. The van der Waals surface area contributed by atoms with Crippen LogP contribution in [0.3, 0.4) is 0 Å². The number of benzene rings is 2. The second-order valence-electron chi connectivity index (χ2n) is 4.04. The minimum Gasteiger partial charge on any atom is -0.406 e. The van der Waals surface area contributed by atoms with Gasteiger partial charge in [0.05, 0.1) is 0 Å². The normalized spacial score (nSPS) is 11.0. The summed E-state index contributed by atoms with van der Waals surface area (Å²) in [6.07, 6.45) is -4.76. The van der Waals surface area contributed by atoms with E-state index in [1.54, 1.807) is 24.3 Å². The van der Waals surface area contributed by atoms with Gasteiger partial charge in [-0.1, -0.05) is 17.7 Å². The fourth-order valence-electron chi connectivity index (χ4n) is 1.58. The summed E-state index contributed by atoms with van der Waals surface area (Å²) < 4.78 is 39.8. The van der Waals surface area contributed by atoms with Crippen LogP contribution < -0.4 is 10.1 Å². The highest BCUT2D eigenvalue weighted by Crippen LogP contribution is 2.23. The van der Waals surface area contributed by atoms with E-state index in [4.69, 9.17) is 11.6 Å². The van der Waals surface area contributed by atoms with Crippen molar-refractivity contribution in [1.82, 2.24) is 0 Å². The first kappa shape index (κ1) is 15.2. The molecule has 0 fully saturated rings. The summed E-state index contributed by atoms with van der Waals surface area (Å²) in [6, 6.07) is 11.1. The molecule has 0 saturated carbocycles. The fourth-order valence-corrected chi connectivity index (χ4v) is 1.77. The molecule has 110 valence electrons. The van der Waals surface area contributed by atoms with Crippen molar-refractivity contribution in [1.29, 1.82) is 0 Å². The Morgan fingerprint density at radius 2 is 1.76 bits per heavy atom. The van der Waals surface area contributed by atoms with Crippen molar-refractivity contribution in [3.63, 3.8) is 0 Å². The van der Waals surface area contributed by atoms with E-state index in [9.17, 15) is 18.0 Å². The Kier molecular flexibility index (Phi) is 4.37. The molecule has 3 nitrogen and oxygen atoms in total.